The van der Waals surface area contributed by atoms with Gasteiger partial charge in [0, 0.05) is 36.9 Å². The van der Waals surface area contributed by atoms with E-state index in [0.717, 1.165) is 19.3 Å². The van der Waals surface area contributed by atoms with Crippen LogP contribution in [-0.4, -0.2) is 40.8 Å². The van der Waals surface area contributed by atoms with Gasteiger partial charge < -0.3 is 10.2 Å². The van der Waals surface area contributed by atoms with Crippen LogP contribution < -0.4 is 5.32 Å². The number of hydrogen-bond donors (Lipinski definition) is 1. The molecule has 0 saturated heterocycles. The molecule has 160 valence electrons. The number of carbonyl (C=O) groups is 2. The highest BCUT2D eigenvalue weighted by atomic mass is 16.2. The van der Waals surface area contributed by atoms with Crippen molar-refractivity contribution in [3.05, 3.63) is 42.2 Å². The normalized spacial score (nSPS) is 42.3. The van der Waals surface area contributed by atoms with Crippen molar-refractivity contribution < 1.29 is 9.59 Å². The molecule has 1 unspecified atom stereocenters. The van der Waals surface area contributed by atoms with E-state index in [2.05, 4.69) is 30.2 Å². The molecule has 0 radical (unpaired) electrons. The molecule has 1 N–H and O–H groups in total. The Morgan fingerprint density at radius 1 is 1.17 bits per heavy atom. The summed E-state index contributed by atoms with van der Waals surface area (Å²) in [5, 5.41) is 3.36. The molecule has 5 heteroatoms. The number of pyridine rings is 1. The van der Waals surface area contributed by atoms with Gasteiger partial charge in [0.2, 0.25) is 5.91 Å². The molecule has 2 heterocycles. The maximum absolute atomic E-state index is 12.8. The molecule has 1 aromatic heterocycles. The minimum absolute atomic E-state index is 0.00289. The zero-order valence-electron chi connectivity index (χ0n) is 18.3. The van der Waals surface area contributed by atoms with Crippen LogP contribution in [0.5, 0.6) is 0 Å². The smallest absolute Gasteiger partial charge is 0.253 e. The van der Waals surface area contributed by atoms with Crippen LogP contribution in [0.2, 0.25) is 0 Å². The number of amides is 2. The van der Waals surface area contributed by atoms with E-state index in [4.69, 9.17) is 0 Å². The molecule has 3 aliphatic carbocycles. The van der Waals surface area contributed by atoms with Gasteiger partial charge in [-0.3, -0.25) is 14.6 Å². The Balaban J connectivity index is 1.37. The van der Waals surface area contributed by atoms with Gasteiger partial charge in [-0.1, -0.05) is 19.9 Å². The third-order valence-corrected chi connectivity index (χ3v) is 9.36. The number of aromatic nitrogens is 1. The zero-order valence-corrected chi connectivity index (χ0v) is 18.3. The number of nitrogens with one attached hydrogen (secondary N) is 1. The molecule has 0 bridgehead atoms. The molecule has 3 fully saturated rings. The van der Waals surface area contributed by atoms with E-state index in [-0.39, 0.29) is 28.7 Å². The number of rotatable bonds is 2. The molecule has 3 saturated carbocycles. The van der Waals surface area contributed by atoms with Crippen LogP contribution in [0.1, 0.15) is 62.7 Å². The Labute approximate surface area is 179 Å². The third-order valence-electron chi connectivity index (χ3n) is 9.36. The first-order chi connectivity index (χ1) is 14.3. The minimum atomic E-state index is 0.00289. The van der Waals surface area contributed by atoms with Gasteiger partial charge in [-0.15, -0.1) is 0 Å². The fourth-order valence-electron chi connectivity index (χ4n) is 7.71. The van der Waals surface area contributed by atoms with Gasteiger partial charge in [-0.05, 0) is 79.9 Å². The molecule has 1 aliphatic heterocycles. The molecule has 5 rings (SSSR count). The average molecular weight is 408 g/mol. The Morgan fingerprint density at radius 3 is 2.77 bits per heavy atom. The van der Waals surface area contributed by atoms with E-state index in [1.54, 1.807) is 18.5 Å². The quantitative estimate of drug-likeness (QED) is 0.811. The Bertz CT molecular complexity index is 884. The van der Waals surface area contributed by atoms with E-state index >= 15 is 0 Å². The van der Waals surface area contributed by atoms with Gasteiger partial charge in [-0.2, -0.15) is 0 Å². The topological polar surface area (TPSA) is 62.3 Å². The maximum atomic E-state index is 12.8. The summed E-state index contributed by atoms with van der Waals surface area (Å²) in [5.74, 6) is 2.09. The van der Waals surface area contributed by atoms with Crippen molar-refractivity contribution in [3.63, 3.8) is 0 Å². The second-order valence-corrected chi connectivity index (χ2v) is 10.5. The molecule has 1 aromatic rings. The van der Waals surface area contributed by atoms with Crippen LogP contribution in [0.3, 0.4) is 0 Å². The Morgan fingerprint density at radius 2 is 2.00 bits per heavy atom. The van der Waals surface area contributed by atoms with Crippen LogP contribution in [-0.2, 0) is 4.79 Å². The summed E-state index contributed by atoms with van der Waals surface area (Å²) in [4.78, 5) is 31.1. The lowest BCUT2D eigenvalue weighted by Gasteiger charge is -2.60. The molecule has 4 aliphatic rings. The van der Waals surface area contributed by atoms with Gasteiger partial charge in [-0.25, -0.2) is 0 Å². The van der Waals surface area contributed by atoms with Crippen LogP contribution in [0.4, 0.5) is 0 Å². The summed E-state index contributed by atoms with van der Waals surface area (Å²) in [6.45, 7) is 4.79. The van der Waals surface area contributed by atoms with Gasteiger partial charge in [0.15, 0.2) is 0 Å². The molecule has 30 heavy (non-hydrogen) atoms. The zero-order chi connectivity index (χ0) is 21.1. The summed E-state index contributed by atoms with van der Waals surface area (Å²) in [6, 6.07) is 4.21. The van der Waals surface area contributed by atoms with Crippen LogP contribution >= 0.6 is 0 Å². The number of likely N-dealkylation sites (N-methyl/N-ethyl adjacent to an activating group) is 1. The van der Waals surface area contributed by atoms with E-state index in [9.17, 15) is 9.59 Å². The van der Waals surface area contributed by atoms with Crippen molar-refractivity contribution in [3.8, 4) is 0 Å². The van der Waals surface area contributed by atoms with Crippen LogP contribution in [0.15, 0.2) is 36.7 Å². The van der Waals surface area contributed by atoms with E-state index in [1.165, 1.54) is 19.3 Å². The average Bonchev–Trinajstić information content (AvgIpc) is 3.08. The summed E-state index contributed by atoms with van der Waals surface area (Å²) in [6.07, 6.45) is 14.2. The molecule has 7 atom stereocenters. The predicted octanol–water partition coefficient (Wildman–Crippen LogP) is 3.82. The standard InChI is InChI=1S/C25H33N3O2/c1-24-12-10-19-17(6-9-21-25(19,2)13-11-22(29)28(21)3)18(24)7-8-20(24)27-23(30)16-5-4-14-26-15-16/h4-5,11,13-15,17-21H,6-10,12H2,1-3H3,(H,27,30)/t17-,18-,19-,20?,21+,24-,25+/m0/s1. The summed E-state index contributed by atoms with van der Waals surface area (Å²) >= 11 is 0. The van der Waals surface area contributed by atoms with E-state index < -0.39 is 0 Å². The first kappa shape index (κ1) is 19.8. The second kappa shape index (κ2) is 6.93. The lowest BCUT2D eigenvalue weighted by Crippen LogP contribution is -2.60. The Hall–Kier alpha value is -2.17. The highest BCUT2D eigenvalue weighted by Gasteiger charge is 2.60. The lowest BCUT2D eigenvalue weighted by molar-refractivity contribution is -0.138. The number of nitrogens with zero attached hydrogens (tertiary/aromatic N) is 2. The second-order valence-electron chi connectivity index (χ2n) is 10.5. The molecule has 2 amide bonds. The maximum Gasteiger partial charge on any atom is 0.253 e. The van der Waals surface area contributed by atoms with Gasteiger partial charge >= 0.3 is 0 Å². The first-order valence-electron chi connectivity index (χ1n) is 11.5. The highest BCUT2D eigenvalue weighted by Crippen LogP contribution is 2.63. The van der Waals surface area contributed by atoms with Crippen molar-refractivity contribution in [1.82, 2.24) is 15.2 Å². The predicted molar refractivity (Wildman–Crippen MR) is 116 cm³/mol. The highest BCUT2D eigenvalue weighted by molar-refractivity contribution is 5.94. The monoisotopic (exact) mass is 407 g/mol. The van der Waals surface area contributed by atoms with Crippen molar-refractivity contribution >= 4 is 11.8 Å². The van der Waals surface area contributed by atoms with E-state index in [1.807, 2.05) is 24.1 Å². The summed E-state index contributed by atoms with van der Waals surface area (Å²) in [7, 11) is 1.97. The molecule has 5 nitrogen and oxygen atoms in total. The van der Waals surface area contributed by atoms with Crippen molar-refractivity contribution in [1.29, 1.82) is 0 Å². The lowest BCUT2D eigenvalue weighted by atomic mass is 9.48. The molecule has 0 spiro atoms. The summed E-state index contributed by atoms with van der Waals surface area (Å²) in [5.41, 5.74) is 0.873. The molecule has 0 aromatic carbocycles. The number of carbonyl (C=O) groups excluding carboxylic acids is 2. The van der Waals surface area contributed by atoms with Gasteiger partial charge in [0.25, 0.3) is 5.91 Å². The molecular formula is C25H33N3O2. The fourth-order valence-corrected chi connectivity index (χ4v) is 7.71. The van der Waals surface area contributed by atoms with E-state index in [0.29, 0.717) is 29.4 Å². The fraction of sp³-hybridized carbons (Fsp3) is 0.640. The number of hydrogen-bond acceptors (Lipinski definition) is 3. The summed E-state index contributed by atoms with van der Waals surface area (Å²) < 4.78 is 0. The largest absolute Gasteiger partial charge is 0.349 e. The Kier molecular flexibility index (Phi) is 4.57. The number of fused-ring (bicyclic) bond motifs is 5. The van der Waals surface area contributed by atoms with Crippen molar-refractivity contribution in [2.45, 2.75) is 64.5 Å². The van der Waals surface area contributed by atoms with Gasteiger partial charge in [0.05, 0.1) is 5.56 Å². The van der Waals surface area contributed by atoms with Gasteiger partial charge in [0.1, 0.15) is 0 Å². The van der Waals surface area contributed by atoms with Crippen molar-refractivity contribution in [2.75, 3.05) is 7.05 Å². The van der Waals surface area contributed by atoms with Crippen LogP contribution in [0, 0.1) is 28.6 Å². The first-order valence-corrected chi connectivity index (χ1v) is 11.5. The SMILES string of the molecule is CN1C(=O)C=C[C@]2(C)[C@H]3CC[C@]4(C)C(NC(=O)c5cccnc5)CC[C@H]4[C@@H]3CC[C@@H]12. The minimum Gasteiger partial charge on any atom is -0.349 e. The van der Waals surface area contributed by atoms with Crippen LogP contribution in [0.25, 0.3) is 0 Å². The third kappa shape index (κ3) is 2.77. The molecular weight excluding hydrogens is 374 g/mol. The van der Waals surface area contributed by atoms with Crippen molar-refractivity contribution in [2.24, 2.45) is 28.6 Å².